The molecule has 0 aliphatic heterocycles. The number of para-hydroxylation sites is 1. The van der Waals surface area contributed by atoms with Gasteiger partial charge in [-0.25, -0.2) is 9.78 Å². The van der Waals surface area contributed by atoms with Crippen molar-refractivity contribution in [1.29, 1.82) is 0 Å². The summed E-state index contributed by atoms with van der Waals surface area (Å²) < 4.78 is 4.06. The van der Waals surface area contributed by atoms with Crippen LogP contribution in [0.3, 0.4) is 0 Å². The van der Waals surface area contributed by atoms with Crippen molar-refractivity contribution in [3.05, 3.63) is 42.1 Å². The highest BCUT2D eigenvalue weighted by molar-refractivity contribution is 6.15. The Morgan fingerprint density at radius 2 is 2.00 bits per heavy atom. The van der Waals surface area contributed by atoms with E-state index in [4.69, 9.17) is 11.9 Å². The van der Waals surface area contributed by atoms with Gasteiger partial charge in [-0.15, -0.1) is 0 Å². The zero-order valence-corrected chi connectivity index (χ0v) is 7.86. The molecule has 0 unspecified atom stereocenters. The lowest BCUT2D eigenvalue weighted by Crippen LogP contribution is -2.00. The summed E-state index contributed by atoms with van der Waals surface area (Å²) in [5, 5.41) is 0.971. The van der Waals surface area contributed by atoms with Gasteiger partial charge in [-0.2, -0.15) is 0 Å². The monoisotopic (exact) mass is 207 g/mol. The van der Waals surface area contributed by atoms with E-state index >= 15 is 0 Å². The maximum Gasteiger partial charge on any atom is 0.374 e. The van der Waals surface area contributed by atoms with Crippen molar-refractivity contribution in [3.63, 3.8) is 0 Å². The number of hydrogen-bond donors (Lipinski definition) is 0. The Morgan fingerprint density at radius 1 is 1.21 bits per heavy atom. The van der Waals surface area contributed by atoms with Crippen LogP contribution in [-0.2, 0) is 4.29 Å². The molecular formula is C10H6ClNO2. The number of carbonyl (C=O) groups excluding carboxylic acids is 1. The molecule has 0 bridgehead atoms. The molecule has 0 atom stereocenters. The number of fused-ring (bicyclic) bond motifs is 1. The third-order valence-electron chi connectivity index (χ3n) is 1.88. The summed E-state index contributed by atoms with van der Waals surface area (Å²) in [5.41, 5.74) is 0.950. The Kier molecular flexibility index (Phi) is 2.33. The van der Waals surface area contributed by atoms with E-state index in [-0.39, 0.29) is 5.69 Å². The number of halogens is 1. The number of benzene rings is 1. The molecule has 4 heteroatoms. The maximum absolute atomic E-state index is 11.0. The molecule has 0 fully saturated rings. The fourth-order valence-electron chi connectivity index (χ4n) is 1.22. The molecule has 0 amide bonds. The van der Waals surface area contributed by atoms with Crippen molar-refractivity contribution in [2.75, 3.05) is 0 Å². The van der Waals surface area contributed by atoms with Crippen LogP contribution in [0.4, 0.5) is 0 Å². The molecule has 1 heterocycles. The van der Waals surface area contributed by atoms with Crippen molar-refractivity contribution in [2.45, 2.75) is 0 Å². The summed E-state index contributed by atoms with van der Waals surface area (Å²) in [6.07, 6.45) is 0. The van der Waals surface area contributed by atoms with Crippen molar-refractivity contribution < 1.29 is 9.08 Å². The van der Waals surface area contributed by atoms with E-state index in [0.29, 0.717) is 0 Å². The van der Waals surface area contributed by atoms with Crippen LogP contribution in [0.1, 0.15) is 10.5 Å². The Hall–Kier alpha value is -1.61. The van der Waals surface area contributed by atoms with Gasteiger partial charge in [0.1, 0.15) is 11.9 Å². The fourth-order valence-corrected chi connectivity index (χ4v) is 1.30. The second-order valence-electron chi connectivity index (χ2n) is 2.75. The maximum atomic E-state index is 11.0. The molecule has 3 nitrogen and oxygen atoms in total. The number of carbonyl (C=O) groups is 1. The van der Waals surface area contributed by atoms with E-state index in [9.17, 15) is 4.79 Å². The first-order valence-electron chi connectivity index (χ1n) is 4.00. The normalized spacial score (nSPS) is 10.1. The van der Waals surface area contributed by atoms with Crippen LogP contribution in [-0.4, -0.2) is 11.0 Å². The van der Waals surface area contributed by atoms with E-state index in [1.165, 1.54) is 0 Å². The van der Waals surface area contributed by atoms with E-state index in [0.717, 1.165) is 10.9 Å². The first kappa shape index (κ1) is 8.97. The summed E-state index contributed by atoms with van der Waals surface area (Å²) in [5.74, 6) is -0.641. The molecule has 14 heavy (non-hydrogen) atoms. The van der Waals surface area contributed by atoms with Crippen LogP contribution >= 0.6 is 11.9 Å². The topological polar surface area (TPSA) is 39.2 Å². The largest absolute Gasteiger partial charge is 0.374 e. The van der Waals surface area contributed by atoms with E-state index in [1.807, 2.05) is 24.3 Å². The van der Waals surface area contributed by atoms with Crippen molar-refractivity contribution in [2.24, 2.45) is 0 Å². The van der Waals surface area contributed by atoms with Crippen LogP contribution in [0.5, 0.6) is 0 Å². The van der Waals surface area contributed by atoms with Gasteiger partial charge < -0.3 is 4.29 Å². The van der Waals surface area contributed by atoms with Gasteiger partial charge in [0.2, 0.25) is 0 Å². The van der Waals surface area contributed by atoms with Crippen LogP contribution in [0, 0.1) is 0 Å². The summed E-state index contributed by atoms with van der Waals surface area (Å²) >= 11 is 4.95. The molecule has 0 aliphatic rings. The molecule has 2 aromatic rings. The number of hydrogen-bond acceptors (Lipinski definition) is 3. The fraction of sp³-hybridized carbons (Fsp3) is 0. The lowest BCUT2D eigenvalue weighted by Gasteiger charge is -1.98. The first-order chi connectivity index (χ1) is 6.81. The van der Waals surface area contributed by atoms with Crippen molar-refractivity contribution in [3.8, 4) is 0 Å². The van der Waals surface area contributed by atoms with Crippen LogP contribution < -0.4 is 0 Å². The Morgan fingerprint density at radius 3 is 2.79 bits per heavy atom. The third kappa shape index (κ3) is 1.54. The summed E-state index contributed by atoms with van der Waals surface area (Å²) in [7, 11) is 0. The molecule has 0 N–H and O–H groups in total. The molecule has 0 saturated heterocycles. The number of aromatic nitrogens is 1. The van der Waals surface area contributed by atoms with E-state index < -0.39 is 5.97 Å². The number of rotatable bonds is 1. The molecular weight excluding hydrogens is 202 g/mol. The number of nitrogens with zero attached hydrogens (tertiary/aromatic N) is 1. The minimum Gasteiger partial charge on any atom is -0.342 e. The molecule has 0 spiro atoms. The molecule has 0 aliphatic carbocycles. The average molecular weight is 208 g/mol. The molecule has 1 aromatic heterocycles. The van der Waals surface area contributed by atoms with Crippen molar-refractivity contribution >= 4 is 28.7 Å². The SMILES string of the molecule is O=C(OCl)c1ccc2ccccc2n1. The van der Waals surface area contributed by atoms with Gasteiger partial charge in [-0.1, -0.05) is 24.3 Å². The molecule has 0 saturated carbocycles. The zero-order chi connectivity index (χ0) is 9.97. The minimum absolute atomic E-state index is 0.207. The smallest absolute Gasteiger partial charge is 0.342 e. The Balaban J connectivity index is 2.56. The van der Waals surface area contributed by atoms with Gasteiger partial charge in [0.05, 0.1) is 5.52 Å². The zero-order valence-electron chi connectivity index (χ0n) is 7.11. The van der Waals surface area contributed by atoms with Crippen LogP contribution in [0.15, 0.2) is 36.4 Å². The summed E-state index contributed by atoms with van der Waals surface area (Å²) in [4.78, 5) is 15.1. The Labute approximate surface area is 85.4 Å². The second kappa shape index (κ2) is 3.64. The minimum atomic E-state index is -0.641. The molecule has 0 radical (unpaired) electrons. The van der Waals surface area contributed by atoms with Crippen LogP contribution in [0.25, 0.3) is 10.9 Å². The Bertz CT molecular complexity index is 484. The third-order valence-corrected chi connectivity index (χ3v) is 2.02. The lowest BCUT2D eigenvalue weighted by molar-refractivity contribution is 0.0745. The predicted molar refractivity (Wildman–Crippen MR) is 53.0 cm³/mol. The van der Waals surface area contributed by atoms with Crippen LogP contribution in [0.2, 0.25) is 0 Å². The number of pyridine rings is 1. The van der Waals surface area contributed by atoms with Gasteiger partial charge in [0.15, 0.2) is 5.69 Å². The second-order valence-corrected chi connectivity index (χ2v) is 2.91. The van der Waals surface area contributed by atoms with E-state index in [2.05, 4.69) is 9.27 Å². The van der Waals surface area contributed by atoms with Gasteiger partial charge >= 0.3 is 5.97 Å². The van der Waals surface area contributed by atoms with Crippen molar-refractivity contribution in [1.82, 2.24) is 4.98 Å². The van der Waals surface area contributed by atoms with Gasteiger partial charge in [0, 0.05) is 5.39 Å². The molecule has 70 valence electrons. The summed E-state index contributed by atoms with van der Waals surface area (Å²) in [6, 6.07) is 10.9. The lowest BCUT2D eigenvalue weighted by atomic mass is 10.2. The molecule has 1 aromatic carbocycles. The average Bonchev–Trinajstić information content (AvgIpc) is 2.27. The molecule has 2 rings (SSSR count). The van der Waals surface area contributed by atoms with Gasteiger partial charge in [-0.05, 0) is 12.1 Å². The standard InChI is InChI=1S/C10H6ClNO2/c11-14-10(13)9-6-5-7-3-1-2-4-8(7)12-9/h1-6H. The van der Waals surface area contributed by atoms with Gasteiger partial charge in [-0.3, -0.25) is 0 Å². The highest BCUT2D eigenvalue weighted by Gasteiger charge is 2.08. The summed E-state index contributed by atoms with van der Waals surface area (Å²) in [6.45, 7) is 0. The highest BCUT2D eigenvalue weighted by atomic mass is 35.5. The van der Waals surface area contributed by atoms with E-state index in [1.54, 1.807) is 12.1 Å². The predicted octanol–water partition coefficient (Wildman–Crippen LogP) is 2.55. The quantitative estimate of drug-likeness (QED) is 0.722. The highest BCUT2D eigenvalue weighted by Crippen LogP contribution is 2.12. The first-order valence-corrected chi connectivity index (χ1v) is 4.31. The van der Waals surface area contributed by atoms with Gasteiger partial charge in [0.25, 0.3) is 0 Å².